The Morgan fingerprint density at radius 3 is 1.61 bits per heavy atom. The van der Waals surface area contributed by atoms with Gasteiger partial charge in [0.2, 0.25) is 0 Å². The lowest BCUT2D eigenvalue weighted by Gasteiger charge is -2.30. The fourth-order valence-corrected chi connectivity index (χ4v) is 7.62. The lowest BCUT2D eigenvalue weighted by molar-refractivity contribution is 0.532. The summed E-state index contributed by atoms with van der Waals surface area (Å²) < 4.78 is 0. The normalized spacial score (nSPS) is 15.4. The molecule has 1 aliphatic rings. The summed E-state index contributed by atoms with van der Waals surface area (Å²) >= 11 is 0. The van der Waals surface area contributed by atoms with Crippen LogP contribution in [-0.4, -0.2) is 21.5 Å². The number of aromatic nitrogens is 2. The molecule has 2 unspecified atom stereocenters. The zero-order valence-corrected chi connectivity index (χ0v) is 30.0. The van der Waals surface area contributed by atoms with Crippen LogP contribution >= 0.6 is 0 Å². The van der Waals surface area contributed by atoms with Crippen LogP contribution in [0.2, 0.25) is 0 Å². The molecular weight excluding hydrogens is 657 g/mol. The van der Waals surface area contributed by atoms with Crippen LogP contribution in [-0.2, 0) is 0 Å². The van der Waals surface area contributed by atoms with Crippen molar-refractivity contribution in [3.05, 3.63) is 205 Å². The lowest BCUT2D eigenvalue weighted by Crippen LogP contribution is -2.28. The van der Waals surface area contributed by atoms with E-state index < -0.39 is 0 Å². The van der Waals surface area contributed by atoms with Crippen LogP contribution in [0.15, 0.2) is 198 Å². The van der Waals surface area contributed by atoms with Crippen molar-refractivity contribution in [2.24, 2.45) is 15.9 Å². The van der Waals surface area contributed by atoms with Gasteiger partial charge in [-0.25, -0.2) is 15.0 Å². The van der Waals surface area contributed by atoms with Gasteiger partial charge in [0.1, 0.15) is 0 Å². The topological polar surface area (TPSA) is 50.5 Å². The van der Waals surface area contributed by atoms with Gasteiger partial charge in [0.15, 0.2) is 11.7 Å². The number of nitrogens with zero attached hydrogens (tertiary/aromatic N) is 4. The number of hydrogen-bond acceptors (Lipinski definition) is 4. The molecule has 54 heavy (non-hydrogen) atoms. The molecule has 1 aromatic heterocycles. The minimum Gasteiger partial charge on any atom is -0.257 e. The zero-order valence-electron chi connectivity index (χ0n) is 30.0. The van der Waals surface area contributed by atoms with Gasteiger partial charge in [-0.3, -0.25) is 4.99 Å². The third-order valence-electron chi connectivity index (χ3n) is 10.3. The first kappa shape index (κ1) is 33.1. The number of amidine groups is 1. The van der Waals surface area contributed by atoms with Crippen LogP contribution in [0.3, 0.4) is 0 Å². The molecule has 0 fully saturated rings. The van der Waals surface area contributed by atoms with Gasteiger partial charge in [0.25, 0.3) is 0 Å². The van der Waals surface area contributed by atoms with Gasteiger partial charge >= 0.3 is 0 Å². The largest absolute Gasteiger partial charge is 0.257 e. The molecule has 4 nitrogen and oxygen atoms in total. The molecular formula is C50H38N4. The van der Waals surface area contributed by atoms with Crippen molar-refractivity contribution in [1.29, 1.82) is 0 Å². The molecule has 0 bridgehead atoms. The Morgan fingerprint density at radius 2 is 1.02 bits per heavy atom. The fourth-order valence-electron chi connectivity index (χ4n) is 7.62. The van der Waals surface area contributed by atoms with Gasteiger partial charge in [0, 0.05) is 28.2 Å². The Balaban J connectivity index is 1.18. The van der Waals surface area contributed by atoms with Gasteiger partial charge < -0.3 is 0 Å². The zero-order chi connectivity index (χ0) is 36.3. The highest BCUT2D eigenvalue weighted by Gasteiger charge is 2.32. The maximum Gasteiger partial charge on any atom is 0.161 e. The SMILES string of the molecule is CCC1C(c2ccccc2)=NC(c2ccccc2)=NC1c1ccc(-c2ccc3ccccc3c2-c2nc(-c3ccccc3)cc(-c3ccccc3)n2)cc1. The Morgan fingerprint density at radius 1 is 0.481 bits per heavy atom. The van der Waals surface area contributed by atoms with Crippen molar-refractivity contribution in [1.82, 2.24) is 9.97 Å². The summed E-state index contributed by atoms with van der Waals surface area (Å²) in [6, 6.07) is 65.5. The van der Waals surface area contributed by atoms with Crippen LogP contribution in [0.5, 0.6) is 0 Å². The smallest absolute Gasteiger partial charge is 0.161 e. The fraction of sp³-hybridized carbons (Fsp3) is 0.0800. The predicted molar refractivity (Wildman–Crippen MR) is 224 cm³/mol. The summed E-state index contributed by atoms with van der Waals surface area (Å²) in [6.07, 6.45) is 0.916. The third kappa shape index (κ3) is 6.44. The maximum atomic E-state index is 5.34. The molecule has 0 N–H and O–H groups in total. The van der Waals surface area contributed by atoms with E-state index in [0.29, 0.717) is 5.82 Å². The molecule has 2 heterocycles. The van der Waals surface area contributed by atoms with E-state index in [9.17, 15) is 0 Å². The second kappa shape index (κ2) is 14.7. The van der Waals surface area contributed by atoms with Crippen molar-refractivity contribution < 1.29 is 0 Å². The minimum atomic E-state index is -0.0812. The molecule has 0 saturated carbocycles. The molecule has 4 heteroatoms. The molecule has 258 valence electrons. The summed E-state index contributed by atoms with van der Waals surface area (Å²) in [5.74, 6) is 1.60. The first-order chi connectivity index (χ1) is 26.7. The average molecular weight is 695 g/mol. The molecule has 0 saturated heterocycles. The van der Waals surface area contributed by atoms with Gasteiger partial charge in [-0.1, -0.05) is 189 Å². The van der Waals surface area contributed by atoms with Gasteiger partial charge in [-0.05, 0) is 45.5 Å². The van der Waals surface area contributed by atoms with E-state index in [1.54, 1.807) is 0 Å². The quantitative estimate of drug-likeness (QED) is 0.159. The van der Waals surface area contributed by atoms with E-state index in [0.717, 1.165) is 79.1 Å². The first-order valence-corrected chi connectivity index (χ1v) is 18.6. The summed E-state index contributed by atoms with van der Waals surface area (Å²) in [6.45, 7) is 2.24. The maximum absolute atomic E-state index is 5.34. The number of benzene rings is 7. The minimum absolute atomic E-state index is 0.0812. The third-order valence-corrected chi connectivity index (χ3v) is 10.3. The first-order valence-electron chi connectivity index (χ1n) is 18.6. The van der Waals surface area contributed by atoms with E-state index in [1.807, 2.05) is 18.2 Å². The van der Waals surface area contributed by atoms with Crippen LogP contribution < -0.4 is 0 Å². The van der Waals surface area contributed by atoms with Crippen molar-refractivity contribution >= 4 is 22.3 Å². The number of fused-ring (bicyclic) bond motifs is 1. The highest BCUT2D eigenvalue weighted by atomic mass is 15.0. The molecule has 8 aromatic rings. The highest BCUT2D eigenvalue weighted by Crippen LogP contribution is 2.41. The number of aliphatic imine (C=N–C) groups is 2. The van der Waals surface area contributed by atoms with E-state index in [-0.39, 0.29) is 12.0 Å². The van der Waals surface area contributed by atoms with Crippen molar-refractivity contribution in [2.45, 2.75) is 19.4 Å². The molecule has 0 amide bonds. The summed E-state index contributed by atoms with van der Waals surface area (Å²) in [4.78, 5) is 21.1. The Hall–Kier alpha value is -6.78. The number of hydrogen-bond donors (Lipinski definition) is 0. The van der Waals surface area contributed by atoms with Crippen LogP contribution in [0.1, 0.15) is 36.1 Å². The highest BCUT2D eigenvalue weighted by molar-refractivity contribution is 6.15. The van der Waals surface area contributed by atoms with Gasteiger partial charge in [-0.2, -0.15) is 0 Å². The lowest BCUT2D eigenvalue weighted by atomic mass is 9.82. The molecule has 2 atom stereocenters. The van der Waals surface area contributed by atoms with Crippen molar-refractivity contribution in [3.8, 4) is 45.0 Å². The monoisotopic (exact) mass is 694 g/mol. The second-order valence-corrected chi connectivity index (χ2v) is 13.7. The molecule has 0 aliphatic carbocycles. The second-order valence-electron chi connectivity index (χ2n) is 13.7. The Labute approximate surface area is 316 Å². The molecule has 0 spiro atoms. The number of rotatable bonds is 8. The molecule has 1 aliphatic heterocycles. The van der Waals surface area contributed by atoms with Gasteiger partial charge in [0.05, 0.1) is 23.1 Å². The summed E-state index contributed by atoms with van der Waals surface area (Å²) in [5, 5.41) is 2.26. The predicted octanol–water partition coefficient (Wildman–Crippen LogP) is 12.3. The average Bonchev–Trinajstić information content (AvgIpc) is 3.26. The molecule has 7 aromatic carbocycles. The Kier molecular flexibility index (Phi) is 9.00. The van der Waals surface area contributed by atoms with Crippen molar-refractivity contribution in [2.75, 3.05) is 0 Å². The van der Waals surface area contributed by atoms with Crippen molar-refractivity contribution in [3.63, 3.8) is 0 Å². The van der Waals surface area contributed by atoms with Gasteiger partial charge in [-0.15, -0.1) is 0 Å². The molecule has 9 rings (SSSR count). The van der Waals surface area contributed by atoms with E-state index >= 15 is 0 Å². The standard InChI is InChI=1S/C50H38N4/c1-2-41-47(38-22-11-5-12-23-38)53-49(40-24-13-6-14-25-40)54-48(41)39-29-27-35(28-30-39)43-32-31-34-17-15-16-26-42(34)46(43)50-51-44(36-18-7-3-8-19-36)33-45(52-50)37-20-9-4-10-21-37/h3-33,41,48H,2H2,1H3. The summed E-state index contributed by atoms with van der Waals surface area (Å²) in [5.41, 5.74) is 11.5. The summed E-state index contributed by atoms with van der Waals surface area (Å²) in [7, 11) is 0. The Bertz CT molecular complexity index is 2560. The van der Waals surface area contributed by atoms with Crippen LogP contribution in [0.25, 0.3) is 55.8 Å². The van der Waals surface area contributed by atoms with Crippen LogP contribution in [0.4, 0.5) is 0 Å². The van der Waals surface area contributed by atoms with E-state index in [4.69, 9.17) is 20.0 Å². The van der Waals surface area contributed by atoms with E-state index in [2.05, 4.69) is 177 Å². The van der Waals surface area contributed by atoms with Crippen LogP contribution in [0, 0.1) is 5.92 Å². The molecule has 0 radical (unpaired) electrons. The van der Waals surface area contributed by atoms with E-state index in [1.165, 1.54) is 5.56 Å².